The predicted octanol–water partition coefficient (Wildman–Crippen LogP) is 6.63. The SMILES string of the molecule is CCCCC(CC)CC1(CC(CC)CCCC)c2ccccc2-c2ccc(O[Br+2]([O-])[O-])cc21. The molecule has 0 saturated heterocycles. The third kappa shape index (κ3) is 6.01. The Bertz CT molecular complexity index is 861. The Morgan fingerprint density at radius 1 is 0.788 bits per heavy atom. The molecule has 2 aromatic carbocycles. The summed E-state index contributed by atoms with van der Waals surface area (Å²) >= 11 is -3.31. The zero-order valence-corrected chi connectivity index (χ0v) is 22.5. The molecule has 0 saturated carbocycles. The van der Waals surface area contributed by atoms with Gasteiger partial charge < -0.3 is 8.40 Å². The van der Waals surface area contributed by atoms with E-state index < -0.39 is 14.8 Å². The van der Waals surface area contributed by atoms with Gasteiger partial charge in [-0.05, 0) is 65.1 Å². The van der Waals surface area contributed by atoms with E-state index in [1.54, 1.807) is 0 Å². The molecule has 4 heteroatoms. The van der Waals surface area contributed by atoms with Crippen molar-refractivity contribution in [1.29, 1.82) is 0 Å². The first kappa shape index (κ1) is 26.2. The van der Waals surface area contributed by atoms with Crippen LogP contribution in [0.5, 0.6) is 5.75 Å². The van der Waals surface area contributed by atoms with E-state index in [-0.39, 0.29) is 5.41 Å². The van der Waals surface area contributed by atoms with Gasteiger partial charge >= 0.3 is 14.8 Å². The molecular weight excluding hydrogens is 476 g/mol. The third-order valence-corrected chi connectivity index (χ3v) is 8.39. The van der Waals surface area contributed by atoms with Gasteiger partial charge in [-0.3, -0.25) is 0 Å². The molecule has 0 N–H and O–H groups in total. The van der Waals surface area contributed by atoms with E-state index in [0.717, 1.165) is 12.8 Å². The number of fused-ring (bicyclic) bond motifs is 3. The van der Waals surface area contributed by atoms with E-state index >= 15 is 0 Å². The molecular formula is C29H41BrO3. The first-order valence-electron chi connectivity index (χ1n) is 13.0. The van der Waals surface area contributed by atoms with Gasteiger partial charge in [0.05, 0.1) is 0 Å². The summed E-state index contributed by atoms with van der Waals surface area (Å²) in [6, 6.07) is 14.8. The first-order chi connectivity index (χ1) is 16.0. The van der Waals surface area contributed by atoms with Gasteiger partial charge in [-0.1, -0.05) is 103 Å². The fourth-order valence-corrected chi connectivity index (χ4v) is 6.46. The summed E-state index contributed by atoms with van der Waals surface area (Å²) in [5.41, 5.74) is 5.17. The highest BCUT2D eigenvalue weighted by atomic mass is 80.0. The second-order valence-electron chi connectivity index (χ2n) is 9.84. The molecule has 2 atom stereocenters. The maximum absolute atomic E-state index is 11.4. The molecule has 1 aliphatic carbocycles. The molecule has 3 rings (SSSR count). The Kier molecular flexibility index (Phi) is 9.84. The van der Waals surface area contributed by atoms with Crippen molar-refractivity contribution in [3.05, 3.63) is 53.6 Å². The van der Waals surface area contributed by atoms with E-state index in [2.05, 4.69) is 58.0 Å². The molecule has 0 fully saturated rings. The smallest absolute Gasteiger partial charge is 0.361 e. The number of unbranched alkanes of at least 4 members (excludes halogenated alkanes) is 2. The van der Waals surface area contributed by atoms with Crippen molar-refractivity contribution >= 4 is 0 Å². The highest BCUT2D eigenvalue weighted by molar-refractivity contribution is 5.81. The minimum atomic E-state index is -3.31. The fourth-order valence-electron chi connectivity index (χ4n) is 5.95. The summed E-state index contributed by atoms with van der Waals surface area (Å²) in [4.78, 5) is 0. The molecule has 0 heterocycles. The largest absolute Gasteiger partial charge is 0.501 e. The highest BCUT2D eigenvalue weighted by Gasteiger charge is 2.45. The van der Waals surface area contributed by atoms with E-state index in [1.807, 2.05) is 12.1 Å². The summed E-state index contributed by atoms with van der Waals surface area (Å²) in [7, 11) is 0. The van der Waals surface area contributed by atoms with Crippen LogP contribution in [0, 0.1) is 26.6 Å². The molecule has 0 aromatic heterocycles. The molecule has 0 bridgehead atoms. The quantitative estimate of drug-likeness (QED) is 0.283. The van der Waals surface area contributed by atoms with Gasteiger partial charge in [0.1, 0.15) is 0 Å². The third-order valence-electron chi connectivity index (χ3n) is 7.75. The van der Waals surface area contributed by atoms with Crippen LogP contribution >= 0.6 is 0 Å². The molecule has 182 valence electrons. The average Bonchev–Trinajstić information content (AvgIpc) is 3.08. The van der Waals surface area contributed by atoms with Gasteiger partial charge in [0.25, 0.3) is 0 Å². The van der Waals surface area contributed by atoms with E-state index in [0.29, 0.717) is 17.6 Å². The number of halogens is 1. The van der Waals surface area contributed by atoms with Crippen molar-refractivity contribution in [3.8, 4) is 16.9 Å². The lowest BCUT2D eigenvalue weighted by Gasteiger charge is -2.38. The number of rotatable bonds is 14. The van der Waals surface area contributed by atoms with Crippen LogP contribution in [0.4, 0.5) is 0 Å². The van der Waals surface area contributed by atoms with Crippen molar-refractivity contribution < 1.29 is 27.0 Å². The van der Waals surface area contributed by atoms with E-state index in [1.165, 1.54) is 73.6 Å². The van der Waals surface area contributed by atoms with Gasteiger partial charge in [-0.2, -0.15) is 0 Å². The molecule has 2 unspecified atom stereocenters. The van der Waals surface area contributed by atoms with Gasteiger partial charge in [-0.25, -0.2) is 0 Å². The second-order valence-corrected chi connectivity index (χ2v) is 11.0. The Hall–Kier alpha value is -1.36. The van der Waals surface area contributed by atoms with Crippen LogP contribution in [0.15, 0.2) is 42.5 Å². The van der Waals surface area contributed by atoms with Crippen LogP contribution in [0.3, 0.4) is 0 Å². The zero-order chi connectivity index (χ0) is 23.8. The summed E-state index contributed by atoms with van der Waals surface area (Å²) in [6.45, 7) is 9.20. The van der Waals surface area contributed by atoms with E-state index in [9.17, 15) is 8.40 Å². The summed E-state index contributed by atoms with van der Waals surface area (Å²) in [6.07, 6.45) is 12.1. The minimum Gasteiger partial charge on any atom is -0.361 e. The molecule has 0 spiro atoms. The van der Waals surface area contributed by atoms with Crippen LogP contribution in [-0.4, -0.2) is 0 Å². The molecule has 0 amide bonds. The number of hydrogen-bond donors (Lipinski definition) is 0. The molecule has 1 aliphatic rings. The maximum atomic E-state index is 11.4. The van der Waals surface area contributed by atoms with Crippen molar-refractivity contribution in [3.63, 3.8) is 0 Å². The topological polar surface area (TPSA) is 55.3 Å². The summed E-state index contributed by atoms with van der Waals surface area (Å²) in [5.74, 6) is 1.75. The van der Waals surface area contributed by atoms with Gasteiger partial charge in [0.2, 0.25) is 5.75 Å². The molecule has 2 aromatic rings. The highest BCUT2D eigenvalue weighted by Crippen LogP contribution is 2.56. The Labute approximate surface area is 206 Å². The molecule has 0 radical (unpaired) electrons. The lowest BCUT2D eigenvalue weighted by atomic mass is 9.65. The zero-order valence-electron chi connectivity index (χ0n) is 20.9. The Balaban J connectivity index is 2.15. The van der Waals surface area contributed by atoms with Crippen LogP contribution in [0.2, 0.25) is 0 Å². The lowest BCUT2D eigenvalue weighted by Crippen LogP contribution is -2.37. The van der Waals surface area contributed by atoms with Crippen LogP contribution in [-0.2, 0) is 5.41 Å². The standard InChI is InChI=1S/C29H41BrO3/c1-5-9-13-22(7-3)20-29(21-23(8-4)14-10-6-2)27-16-12-11-15-25(27)26-18-17-24(19-28(26)29)33-30(31)32/h11-12,15-19,22-23H,5-10,13-14,20-21H2,1-4H3. The first-order valence-corrected chi connectivity index (χ1v) is 14.9. The van der Waals surface area contributed by atoms with Gasteiger partial charge in [0.15, 0.2) is 0 Å². The number of hydrogen-bond acceptors (Lipinski definition) is 3. The van der Waals surface area contributed by atoms with Crippen molar-refractivity contribution in [1.82, 2.24) is 0 Å². The normalized spacial score (nSPS) is 18.8. The van der Waals surface area contributed by atoms with Gasteiger partial charge in [-0.15, -0.1) is 3.83 Å². The molecule has 3 nitrogen and oxygen atoms in total. The van der Waals surface area contributed by atoms with E-state index in [4.69, 9.17) is 3.83 Å². The fraction of sp³-hybridized carbons (Fsp3) is 0.586. The Morgan fingerprint density at radius 3 is 1.91 bits per heavy atom. The molecule has 0 aliphatic heterocycles. The van der Waals surface area contributed by atoms with Crippen molar-refractivity contribution in [2.45, 2.75) is 97.3 Å². The van der Waals surface area contributed by atoms with Crippen molar-refractivity contribution in [2.75, 3.05) is 0 Å². The summed E-state index contributed by atoms with van der Waals surface area (Å²) < 4.78 is 28.0. The second kappa shape index (κ2) is 12.4. The maximum Gasteiger partial charge on any atom is 0.501 e. The monoisotopic (exact) mass is 516 g/mol. The Morgan fingerprint density at radius 2 is 1.36 bits per heavy atom. The van der Waals surface area contributed by atoms with Crippen LogP contribution in [0.25, 0.3) is 11.1 Å². The molecule has 33 heavy (non-hydrogen) atoms. The van der Waals surface area contributed by atoms with Crippen LogP contribution < -0.4 is 12.2 Å². The number of benzene rings is 2. The average molecular weight is 518 g/mol. The van der Waals surface area contributed by atoms with Crippen molar-refractivity contribution in [2.24, 2.45) is 11.8 Å². The van der Waals surface area contributed by atoms with Crippen LogP contribution in [0.1, 0.15) is 103 Å². The van der Waals surface area contributed by atoms with Gasteiger partial charge in [0, 0.05) is 5.41 Å². The minimum absolute atomic E-state index is 0.0902. The summed E-state index contributed by atoms with van der Waals surface area (Å²) in [5, 5.41) is 0. The lowest BCUT2D eigenvalue weighted by molar-refractivity contribution is -1.62. The predicted molar refractivity (Wildman–Crippen MR) is 129 cm³/mol.